The minimum atomic E-state index is -0.484. The van der Waals surface area contributed by atoms with E-state index in [1.165, 1.54) is 82.4 Å². The van der Waals surface area contributed by atoms with Gasteiger partial charge in [-0.15, -0.1) is 0 Å². The van der Waals surface area contributed by atoms with Gasteiger partial charge < -0.3 is 20.8 Å². The molecule has 6 nitrogen and oxygen atoms in total. The van der Waals surface area contributed by atoms with Crippen molar-refractivity contribution >= 4 is 23.2 Å². The zero-order chi connectivity index (χ0) is 25.3. The first-order valence-corrected chi connectivity index (χ1v) is 13.2. The molecule has 2 aromatic rings. The molecule has 0 aliphatic rings. The van der Waals surface area contributed by atoms with Crippen molar-refractivity contribution in [2.24, 2.45) is 0 Å². The number of rotatable bonds is 17. The quantitative estimate of drug-likeness (QED) is 0.105. The van der Waals surface area contributed by atoms with Gasteiger partial charge >= 0.3 is 0 Å². The number of unbranched alkanes of at least 4 members (excludes halogenated alkanes) is 12. The molecule has 0 fully saturated rings. The summed E-state index contributed by atoms with van der Waals surface area (Å²) in [7, 11) is 0. The van der Waals surface area contributed by atoms with Crippen LogP contribution in [0.3, 0.4) is 0 Å². The fourth-order valence-electron chi connectivity index (χ4n) is 4.12. The average Bonchev–Trinajstić information content (AvgIpc) is 2.84. The predicted molar refractivity (Wildman–Crippen MR) is 143 cm³/mol. The van der Waals surface area contributed by atoms with Crippen molar-refractivity contribution < 1.29 is 19.8 Å². The number of carbonyl (C=O) groups excluding carboxylic acids is 2. The fraction of sp³-hybridized carbons (Fsp3) is 0.517. The largest absolute Gasteiger partial charge is 0.508 e. The van der Waals surface area contributed by atoms with Gasteiger partial charge in [0.1, 0.15) is 11.5 Å². The van der Waals surface area contributed by atoms with E-state index in [1.807, 2.05) is 0 Å². The van der Waals surface area contributed by atoms with Crippen molar-refractivity contribution in [1.29, 1.82) is 0 Å². The molecule has 0 aliphatic carbocycles. The van der Waals surface area contributed by atoms with Crippen molar-refractivity contribution in [3.63, 3.8) is 0 Å². The van der Waals surface area contributed by atoms with E-state index < -0.39 is 5.91 Å². The number of nitrogens with one attached hydrogen (secondary N) is 2. The van der Waals surface area contributed by atoms with Gasteiger partial charge in [-0.3, -0.25) is 9.59 Å². The molecule has 0 saturated carbocycles. The summed E-state index contributed by atoms with van der Waals surface area (Å²) in [5.41, 5.74) is 0.807. The van der Waals surface area contributed by atoms with Crippen molar-refractivity contribution in [3.8, 4) is 11.5 Å². The fourth-order valence-corrected chi connectivity index (χ4v) is 4.12. The van der Waals surface area contributed by atoms with E-state index in [2.05, 4.69) is 17.6 Å². The summed E-state index contributed by atoms with van der Waals surface area (Å²) in [6.07, 6.45) is 16.7. The van der Waals surface area contributed by atoms with Gasteiger partial charge in [0.2, 0.25) is 5.91 Å². The highest BCUT2D eigenvalue weighted by atomic mass is 16.3. The van der Waals surface area contributed by atoms with Crippen LogP contribution in [0, 0.1) is 0 Å². The van der Waals surface area contributed by atoms with Gasteiger partial charge in [-0.05, 0) is 30.7 Å². The minimum Gasteiger partial charge on any atom is -0.508 e. The maximum absolute atomic E-state index is 12.7. The summed E-state index contributed by atoms with van der Waals surface area (Å²) in [5, 5.41) is 24.9. The Morgan fingerprint density at radius 2 is 1.26 bits per heavy atom. The molecule has 2 rings (SSSR count). The molecule has 6 heteroatoms. The predicted octanol–water partition coefficient (Wildman–Crippen LogP) is 7.77. The number of amides is 2. The molecule has 2 amide bonds. The second kappa shape index (κ2) is 16.6. The van der Waals surface area contributed by atoms with Crippen LogP contribution in [-0.4, -0.2) is 22.0 Å². The van der Waals surface area contributed by atoms with Crippen LogP contribution in [0.5, 0.6) is 11.5 Å². The number of anilines is 2. The Hall–Kier alpha value is -3.02. The molecule has 0 heterocycles. The number of hydrogen-bond donors (Lipinski definition) is 4. The lowest BCUT2D eigenvalue weighted by Gasteiger charge is -2.12. The Morgan fingerprint density at radius 1 is 0.686 bits per heavy atom. The highest BCUT2D eigenvalue weighted by molar-refractivity contribution is 6.10. The van der Waals surface area contributed by atoms with Gasteiger partial charge in [-0.2, -0.15) is 0 Å². The molecule has 0 aliphatic heterocycles. The molecule has 0 atom stereocenters. The van der Waals surface area contributed by atoms with Crippen LogP contribution in [0.15, 0.2) is 42.5 Å². The van der Waals surface area contributed by atoms with Crippen LogP contribution in [0.25, 0.3) is 0 Å². The Labute approximate surface area is 210 Å². The smallest absolute Gasteiger partial charge is 0.257 e. The first kappa shape index (κ1) is 28.2. The summed E-state index contributed by atoms with van der Waals surface area (Å²) < 4.78 is 0. The Bertz CT molecular complexity index is 913. The first-order chi connectivity index (χ1) is 17.0. The molecule has 35 heavy (non-hydrogen) atoms. The molecule has 192 valence electrons. The van der Waals surface area contributed by atoms with E-state index >= 15 is 0 Å². The number of hydrogen-bond acceptors (Lipinski definition) is 4. The maximum Gasteiger partial charge on any atom is 0.257 e. The summed E-state index contributed by atoms with van der Waals surface area (Å²) in [6, 6.07) is 10.6. The molecule has 2 aromatic carbocycles. The van der Waals surface area contributed by atoms with Crippen LogP contribution in [-0.2, 0) is 4.79 Å². The Morgan fingerprint density at radius 3 is 1.89 bits per heavy atom. The third-order valence-electron chi connectivity index (χ3n) is 6.18. The second-order valence-corrected chi connectivity index (χ2v) is 9.24. The highest BCUT2D eigenvalue weighted by Crippen LogP contribution is 2.28. The lowest BCUT2D eigenvalue weighted by molar-refractivity contribution is -0.116. The zero-order valence-corrected chi connectivity index (χ0v) is 21.2. The minimum absolute atomic E-state index is 0.0718. The summed E-state index contributed by atoms with van der Waals surface area (Å²) >= 11 is 0. The second-order valence-electron chi connectivity index (χ2n) is 9.24. The van der Waals surface area contributed by atoms with Gasteiger partial charge in [-0.25, -0.2) is 0 Å². The van der Waals surface area contributed by atoms with E-state index in [0.29, 0.717) is 12.1 Å². The molecule has 0 radical (unpaired) electrons. The normalized spacial score (nSPS) is 10.8. The monoisotopic (exact) mass is 482 g/mol. The van der Waals surface area contributed by atoms with E-state index in [-0.39, 0.29) is 28.7 Å². The molecule has 0 bridgehead atoms. The lowest BCUT2D eigenvalue weighted by atomic mass is 10.0. The van der Waals surface area contributed by atoms with Crippen molar-refractivity contribution in [3.05, 3.63) is 48.0 Å². The zero-order valence-electron chi connectivity index (χ0n) is 21.2. The summed E-state index contributed by atoms with van der Waals surface area (Å²) in [4.78, 5) is 25.1. The van der Waals surface area contributed by atoms with Crippen LogP contribution >= 0.6 is 0 Å². The van der Waals surface area contributed by atoms with Crippen LogP contribution in [0.1, 0.15) is 107 Å². The Kier molecular flexibility index (Phi) is 13.4. The van der Waals surface area contributed by atoms with Gasteiger partial charge in [0, 0.05) is 12.5 Å². The molecule has 0 aromatic heterocycles. The molecule has 0 spiro atoms. The van der Waals surface area contributed by atoms with Gasteiger partial charge in [0.05, 0.1) is 16.9 Å². The van der Waals surface area contributed by atoms with Crippen LogP contribution < -0.4 is 10.6 Å². The number of aromatic hydroxyl groups is 2. The van der Waals surface area contributed by atoms with Gasteiger partial charge in [0.25, 0.3) is 5.91 Å². The topological polar surface area (TPSA) is 98.7 Å². The molecular formula is C29H42N2O4. The molecule has 0 unspecified atom stereocenters. The van der Waals surface area contributed by atoms with Crippen molar-refractivity contribution in [1.82, 2.24) is 0 Å². The SMILES string of the molecule is CCCCCCCCCCCCCCCC(=O)Nc1ccccc1C(=O)Nc1cc(O)ccc1O. The van der Waals surface area contributed by atoms with Gasteiger partial charge in [0.15, 0.2) is 0 Å². The molecule has 4 N–H and O–H groups in total. The molecule has 0 saturated heterocycles. The molecular weight excluding hydrogens is 440 g/mol. The van der Waals surface area contributed by atoms with Crippen molar-refractivity contribution in [2.45, 2.75) is 96.8 Å². The van der Waals surface area contributed by atoms with Crippen LogP contribution in [0.4, 0.5) is 11.4 Å². The number of para-hydroxylation sites is 1. The lowest BCUT2D eigenvalue weighted by Crippen LogP contribution is -2.18. The third kappa shape index (κ3) is 11.3. The van der Waals surface area contributed by atoms with E-state index in [9.17, 15) is 19.8 Å². The highest BCUT2D eigenvalue weighted by Gasteiger charge is 2.15. The van der Waals surface area contributed by atoms with Gasteiger partial charge in [-0.1, -0.05) is 96.1 Å². The van der Waals surface area contributed by atoms with E-state index in [0.717, 1.165) is 19.3 Å². The number of benzene rings is 2. The third-order valence-corrected chi connectivity index (χ3v) is 6.18. The average molecular weight is 483 g/mol. The van der Waals surface area contributed by atoms with Crippen molar-refractivity contribution in [2.75, 3.05) is 10.6 Å². The van der Waals surface area contributed by atoms with E-state index in [4.69, 9.17) is 0 Å². The van der Waals surface area contributed by atoms with Crippen LogP contribution in [0.2, 0.25) is 0 Å². The Balaban J connectivity index is 1.64. The standard InChI is InChI=1S/C29H42N2O4/c1-2-3-4-5-6-7-8-9-10-11-12-13-14-19-28(34)30-25-18-16-15-17-24(25)29(35)31-26-22-23(32)20-21-27(26)33/h15-18,20-22,32-33H,2-14,19H2,1H3,(H,30,34)(H,31,35). The number of phenolic OH excluding ortho intramolecular Hbond substituents is 2. The summed E-state index contributed by atoms with van der Waals surface area (Å²) in [5.74, 6) is -0.825. The first-order valence-electron chi connectivity index (χ1n) is 13.2. The number of carbonyl (C=O) groups is 2. The maximum atomic E-state index is 12.7. The number of phenols is 2. The summed E-state index contributed by atoms with van der Waals surface area (Å²) in [6.45, 7) is 2.25. The van der Waals surface area contributed by atoms with E-state index in [1.54, 1.807) is 24.3 Å².